The molecule has 0 aliphatic carbocycles. The molecule has 0 unspecified atom stereocenters. The zero-order chi connectivity index (χ0) is 11.3. The zero-order valence-electron chi connectivity index (χ0n) is 8.15. The number of rotatable bonds is 1. The Hall–Kier alpha value is -0.390. The van der Waals surface area contributed by atoms with Crippen LogP contribution in [-0.4, -0.2) is 13.4 Å². The first-order valence-corrected chi connectivity index (χ1v) is 7.37. The van der Waals surface area contributed by atoms with Gasteiger partial charge in [-0.3, -0.25) is 0 Å². The highest BCUT2D eigenvalue weighted by Gasteiger charge is 2.31. The summed E-state index contributed by atoms with van der Waals surface area (Å²) in [7, 11) is 1.56. The van der Waals surface area contributed by atoms with Crippen molar-refractivity contribution in [2.24, 2.45) is 0 Å². The van der Waals surface area contributed by atoms with E-state index in [2.05, 4.69) is 0 Å². The first-order chi connectivity index (χ1) is 6.78. The predicted octanol–water partition coefficient (Wildman–Crippen LogP) is 2.83. The van der Waals surface area contributed by atoms with Gasteiger partial charge in [0.15, 0.2) is 4.93 Å². The van der Waals surface area contributed by atoms with Crippen LogP contribution < -0.4 is 4.74 Å². The fourth-order valence-corrected chi connectivity index (χ4v) is 3.12. The van der Waals surface area contributed by atoms with Gasteiger partial charge in [-0.1, -0.05) is 11.8 Å². The van der Waals surface area contributed by atoms with Gasteiger partial charge in [0.2, 0.25) is 0 Å². The van der Waals surface area contributed by atoms with Crippen LogP contribution in [0.1, 0.15) is 13.8 Å². The number of hydrogen-bond donors (Lipinski definition) is 0. The highest BCUT2D eigenvalue weighted by molar-refractivity contribution is 8.13. The van der Waals surface area contributed by atoms with Gasteiger partial charge in [0.05, 0.1) is 9.79 Å². The monoisotopic (exact) mass is 264 g/mol. The Labute approximate surface area is 97.2 Å². The molecule has 0 fully saturated rings. The Morgan fingerprint density at radius 1 is 1.40 bits per heavy atom. The van der Waals surface area contributed by atoms with Crippen LogP contribution in [0, 0.1) is 0 Å². The van der Waals surface area contributed by atoms with Crippen molar-refractivity contribution in [2.75, 3.05) is 0 Å². The van der Waals surface area contributed by atoms with Gasteiger partial charge in [0.1, 0.15) is 5.75 Å². The van der Waals surface area contributed by atoms with Crippen LogP contribution >= 0.6 is 22.4 Å². The summed E-state index contributed by atoms with van der Waals surface area (Å²) in [6.45, 7) is 3.85. The molecule has 3 nitrogen and oxygen atoms in total. The minimum absolute atomic E-state index is 0.0706. The molecule has 0 aromatic heterocycles. The summed E-state index contributed by atoms with van der Waals surface area (Å²) in [5.74, 6) is 0.576. The van der Waals surface area contributed by atoms with Crippen molar-refractivity contribution in [2.45, 2.75) is 28.6 Å². The quantitative estimate of drug-likeness (QED) is 0.732. The Bertz CT molecular complexity index is 508. The third kappa shape index (κ3) is 2.24. The molecule has 1 aliphatic heterocycles. The molecule has 0 spiro atoms. The zero-order valence-corrected chi connectivity index (χ0v) is 10.5. The second kappa shape index (κ2) is 3.30. The molecule has 15 heavy (non-hydrogen) atoms. The average molecular weight is 265 g/mol. The van der Waals surface area contributed by atoms with Crippen LogP contribution in [-0.2, 0) is 9.05 Å². The number of ether oxygens (including phenoxy) is 1. The van der Waals surface area contributed by atoms with E-state index in [1.54, 1.807) is 17.8 Å². The molecule has 0 atom stereocenters. The van der Waals surface area contributed by atoms with Crippen molar-refractivity contribution in [3.63, 3.8) is 0 Å². The second-order valence-corrected chi connectivity index (χ2v) is 7.84. The third-order valence-corrected chi connectivity index (χ3v) is 4.39. The molecule has 1 aromatic rings. The van der Waals surface area contributed by atoms with Crippen LogP contribution in [0.15, 0.2) is 28.0 Å². The van der Waals surface area contributed by atoms with Crippen molar-refractivity contribution in [3.05, 3.63) is 18.2 Å². The maximum absolute atomic E-state index is 11.1. The fourth-order valence-electron chi connectivity index (χ4n) is 1.35. The van der Waals surface area contributed by atoms with E-state index >= 15 is 0 Å². The molecular weight excluding hydrogens is 256 g/mol. The number of thioether (sulfide) groups is 1. The average Bonchev–Trinajstić information content (AvgIpc) is 2.34. The molecule has 2 rings (SSSR count). The van der Waals surface area contributed by atoms with Crippen molar-refractivity contribution in [3.8, 4) is 5.75 Å². The molecule has 0 N–H and O–H groups in total. The lowest BCUT2D eigenvalue weighted by atomic mass is 10.3. The summed E-state index contributed by atoms with van der Waals surface area (Å²) in [5.41, 5.74) is 0. The first-order valence-electron chi connectivity index (χ1n) is 4.25. The normalized spacial score (nSPS) is 18.3. The van der Waals surface area contributed by atoms with Crippen LogP contribution in [0.4, 0.5) is 0 Å². The van der Waals surface area contributed by atoms with Gasteiger partial charge >= 0.3 is 0 Å². The Balaban J connectivity index is 2.48. The predicted molar refractivity (Wildman–Crippen MR) is 60.0 cm³/mol. The molecule has 1 heterocycles. The number of benzene rings is 1. The van der Waals surface area contributed by atoms with E-state index in [9.17, 15) is 8.42 Å². The second-order valence-electron chi connectivity index (χ2n) is 3.65. The molecule has 6 heteroatoms. The van der Waals surface area contributed by atoms with Crippen molar-refractivity contribution in [1.82, 2.24) is 0 Å². The van der Waals surface area contributed by atoms with Crippen molar-refractivity contribution in [1.29, 1.82) is 0 Å². The Kier molecular flexibility index (Phi) is 2.44. The summed E-state index contributed by atoms with van der Waals surface area (Å²) >= 11 is 1.55. The van der Waals surface area contributed by atoms with Gasteiger partial charge in [0, 0.05) is 16.7 Å². The molecule has 0 amide bonds. The van der Waals surface area contributed by atoms with Gasteiger partial charge in [-0.05, 0) is 26.0 Å². The molecular formula is C9H9ClO3S2. The lowest BCUT2D eigenvalue weighted by Gasteiger charge is -2.15. The molecule has 0 saturated carbocycles. The van der Waals surface area contributed by atoms with Crippen LogP contribution in [0.3, 0.4) is 0 Å². The molecule has 1 aliphatic rings. The highest BCUT2D eigenvalue weighted by Crippen LogP contribution is 2.47. The molecule has 0 bridgehead atoms. The Morgan fingerprint density at radius 2 is 2.07 bits per heavy atom. The van der Waals surface area contributed by atoms with E-state index in [0.717, 1.165) is 4.90 Å². The van der Waals surface area contributed by atoms with Crippen LogP contribution in [0.5, 0.6) is 5.75 Å². The maximum atomic E-state index is 11.1. The summed E-state index contributed by atoms with van der Waals surface area (Å²) in [4.78, 5) is 0.655. The topological polar surface area (TPSA) is 43.4 Å². The van der Waals surface area contributed by atoms with E-state index in [1.165, 1.54) is 12.1 Å². The highest BCUT2D eigenvalue weighted by atomic mass is 35.7. The number of fused-ring (bicyclic) bond motifs is 1. The van der Waals surface area contributed by atoms with E-state index in [0.29, 0.717) is 5.75 Å². The van der Waals surface area contributed by atoms with Crippen LogP contribution in [0.25, 0.3) is 0 Å². The third-order valence-electron chi connectivity index (χ3n) is 1.91. The SMILES string of the molecule is CC1(C)Oc2cc(S(=O)(=O)Cl)ccc2S1. The van der Waals surface area contributed by atoms with Gasteiger partial charge in [0.25, 0.3) is 9.05 Å². The summed E-state index contributed by atoms with van der Waals surface area (Å²) < 4.78 is 27.8. The summed E-state index contributed by atoms with van der Waals surface area (Å²) in [5, 5.41) is 0. The molecule has 0 radical (unpaired) electrons. The smallest absolute Gasteiger partial charge is 0.261 e. The van der Waals surface area contributed by atoms with E-state index in [1.807, 2.05) is 13.8 Å². The molecule has 82 valence electrons. The number of halogens is 1. The Morgan fingerprint density at radius 3 is 2.67 bits per heavy atom. The summed E-state index contributed by atoms with van der Waals surface area (Å²) in [6.07, 6.45) is 0. The molecule has 0 saturated heterocycles. The van der Waals surface area contributed by atoms with Gasteiger partial charge < -0.3 is 4.74 Å². The van der Waals surface area contributed by atoms with Gasteiger partial charge in [-0.2, -0.15) is 0 Å². The van der Waals surface area contributed by atoms with E-state index in [4.69, 9.17) is 15.4 Å². The summed E-state index contributed by atoms with van der Waals surface area (Å²) in [6, 6.07) is 4.66. The van der Waals surface area contributed by atoms with Gasteiger partial charge in [-0.25, -0.2) is 8.42 Å². The number of hydrogen-bond acceptors (Lipinski definition) is 4. The minimum Gasteiger partial charge on any atom is -0.476 e. The van der Waals surface area contributed by atoms with E-state index in [-0.39, 0.29) is 9.83 Å². The first kappa shape index (κ1) is 11.1. The minimum atomic E-state index is -3.68. The fraction of sp³-hybridized carbons (Fsp3) is 0.333. The van der Waals surface area contributed by atoms with E-state index < -0.39 is 9.05 Å². The lowest BCUT2D eigenvalue weighted by Crippen LogP contribution is -2.18. The largest absolute Gasteiger partial charge is 0.476 e. The van der Waals surface area contributed by atoms with Crippen molar-refractivity contribution < 1.29 is 13.2 Å². The van der Waals surface area contributed by atoms with Gasteiger partial charge in [-0.15, -0.1) is 0 Å². The van der Waals surface area contributed by atoms with Crippen LogP contribution in [0.2, 0.25) is 0 Å². The molecule has 1 aromatic carbocycles. The van der Waals surface area contributed by atoms with Crippen molar-refractivity contribution >= 4 is 31.5 Å². The maximum Gasteiger partial charge on any atom is 0.261 e. The standard InChI is InChI=1S/C9H9ClO3S2/c1-9(2)13-7-5-6(15(10,11)12)3-4-8(7)14-9/h3-5H,1-2H3. The lowest BCUT2D eigenvalue weighted by molar-refractivity contribution is 0.214.